The summed E-state index contributed by atoms with van der Waals surface area (Å²) in [6.07, 6.45) is 3.16. The predicted molar refractivity (Wildman–Crippen MR) is 94.2 cm³/mol. The number of anilines is 1. The standard InChI is InChI=1S/C18H15N5O2/c1-11-16-17(21-10-22-18(16)25-23-11)20-8-12-2-4-13(5-3-12)14-6-7-15(24)19-9-14/h2-7,9-10H,8H2,1H3,(H,19,24)(H,20,21,22). The number of pyridine rings is 1. The van der Waals surface area contributed by atoms with Gasteiger partial charge in [-0.3, -0.25) is 4.79 Å². The molecule has 0 atom stereocenters. The zero-order valence-electron chi connectivity index (χ0n) is 13.5. The number of H-pyrrole nitrogens is 1. The highest BCUT2D eigenvalue weighted by atomic mass is 16.5. The summed E-state index contributed by atoms with van der Waals surface area (Å²) in [7, 11) is 0. The summed E-state index contributed by atoms with van der Waals surface area (Å²) >= 11 is 0. The van der Waals surface area contributed by atoms with Gasteiger partial charge in [-0.25, -0.2) is 4.98 Å². The van der Waals surface area contributed by atoms with Crippen LogP contribution in [0, 0.1) is 6.92 Å². The third-order valence-electron chi connectivity index (χ3n) is 3.97. The number of nitrogens with zero attached hydrogens (tertiary/aromatic N) is 3. The molecule has 2 N–H and O–H groups in total. The highest BCUT2D eigenvalue weighted by Gasteiger charge is 2.11. The van der Waals surface area contributed by atoms with Crippen LogP contribution in [0.1, 0.15) is 11.3 Å². The van der Waals surface area contributed by atoms with Gasteiger partial charge in [0.2, 0.25) is 5.56 Å². The highest BCUT2D eigenvalue weighted by Crippen LogP contribution is 2.23. The second-order valence-corrected chi connectivity index (χ2v) is 5.66. The number of aryl methyl sites for hydroxylation is 1. The Morgan fingerprint density at radius 1 is 1.08 bits per heavy atom. The van der Waals surface area contributed by atoms with Crippen LogP contribution >= 0.6 is 0 Å². The summed E-state index contributed by atoms with van der Waals surface area (Å²) in [6.45, 7) is 2.47. The van der Waals surface area contributed by atoms with E-state index in [-0.39, 0.29) is 5.56 Å². The van der Waals surface area contributed by atoms with E-state index in [0.717, 1.165) is 27.8 Å². The molecule has 124 valence electrons. The van der Waals surface area contributed by atoms with Crippen molar-refractivity contribution in [2.75, 3.05) is 5.32 Å². The second kappa shape index (κ2) is 6.20. The molecule has 0 radical (unpaired) electrons. The van der Waals surface area contributed by atoms with Gasteiger partial charge in [0.15, 0.2) is 0 Å². The van der Waals surface area contributed by atoms with Crippen LogP contribution in [0.25, 0.3) is 22.2 Å². The number of hydrogen-bond donors (Lipinski definition) is 2. The highest BCUT2D eigenvalue weighted by molar-refractivity contribution is 5.87. The summed E-state index contributed by atoms with van der Waals surface area (Å²) in [5.41, 5.74) is 4.24. The smallest absolute Gasteiger partial charge is 0.263 e. The van der Waals surface area contributed by atoms with Crippen LogP contribution in [-0.4, -0.2) is 20.1 Å². The Kier molecular flexibility index (Phi) is 3.74. The normalized spacial score (nSPS) is 10.9. The van der Waals surface area contributed by atoms with Crippen molar-refractivity contribution in [1.29, 1.82) is 0 Å². The molecule has 0 spiro atoms. The minimum atomic E-state index is -0.107. The van der Waals surface area contributed by atoms with Crippen LogP contribution in [0.5, 0.6) is 0 Å². The van der Waals surface area contributed by atoms with Gasteiger partial charge in [0.1, 0.15) is 17.5 Å². The maximum Gasteiger partial charge on any atom is 0.263 e. The van der Waals surface area contributed by atoms with E-state index in [0.29, 0.717) is 18.1 Å². The van der Waals surface area contributed by atoms with Crippen LogP contribution in [0.3, 0.4) is 0 Å². The van der Waals surface area contributed by atoms with Gasteiger partial charge in [-0.05, 0) is 29.7 Å². The molecule has 0 fully saturated rings. The lowest BCUT2D eigenvalue weighted by Crippen LogP contribution is -2.03. The zero-order chi connectivity index (χ0) is 17.2. The van der Waals surface area contributed by atoms with Crippen LogP contribution in [0.15, 0.2) is 58.2 Å². The molecule has 0 bridgehead atoms. The third kappa shape index (κ3) is 2.99. The van der Waals surface area contributed by atoms with E-state index < -0.39 is 0 Å². The summed E-state index contributed by atoms with van der Waals surface area (Å²) in [6, 6.07) is 11.4. The molecule has 0 aliphatic heterocycles. The Labute approximate surface area is 142 Å². The predicted octanol–water partition coefficient (Wildman–Crippen LogP) is 2.89. The minimum Gasteiger partial charge on any atom is -0.365 e. The van der Waals surface area contributed by atoms with Gasteiger partial charge >= 0.3 is 0 Å². The SMILES string of the molecule is Cc1noc2ncnc(NCc3ccc(-c4ccc(=O)[nH]c4)cc3)c12. The molecule has 7 heteroatoms. The van der Waals surface area contributed by atoms with E-state index in [9.17, 15) is 4.79 Å². The molecule has 4 aromatic rings. The van der Waals surface area contributed by atoms with Crippen LogP contribution < -0.4 is 10.9 Å². The van der Waals surface area contributed by atoms with Crippen molar-refractivity contribution in [2.45, 2.75) is 13.5 Å². The molecule has 3 heterocycles. The molecule has 0 amide bonds. The molecular weight excluding hydrogens is 318 g/mol. The maximum absolute atomic E-state index is 11.1. The molecule has 1 aromatic carbocycles. The molecule has 0 saturated heterocycles. The van der Waals surface area contributed by atoms with Gasteiger partial charge in [0.25, 0.3) is 5.71 Å². The Hall–Kier alpha value is -3.48. The van der Waals surface area contributed by atoms with Crippen LogP contribution in [0.2, 0.25) is 0 Å². The molecule has 7 nitrogen and oxygen atoms in total. The van der Waals surface area contributed by atoms with Crippen molar-refractivity contribution in [3.8, 4) is 11.1 Å². The molecule has 3 aromatic heterocycles. The molecule has 0 saturated carbocycles. The number of aromatic nitrogens is 4. The Morgan fingerprint density at radius 2 is 1.88 bits per heavy atom. The summed E-state index contributed by atoms with van der Waals surface area (Å²) < 4.78 is 5.15. The lowest BCUT2D eigenvalue weighted by Gasteiger charge is -2.07. The fourth-order valence-electron chi connectivity index (χ4n) is 2.65. The monoisotopic (exact) mass is 333 g/mol. The van der Waals surface area contributed by atoms with Crippen molar-refractivity contribution >= 4 is 16.9 Å². The first kappa shape index (κ1) is 15.1. The fraction of sp³-hybridized carbons (Fsp3) is 0.111. The van der Waals surface area contributed by atoms with Gasteiger partial charge in [-0.15, -0.1) is 0 Å². The fourth-order valence-corrected chi connectivity index (χ4v) is 2.65. The van der Waals surface area contributed by atoms with Crippen molar-refractivity contribution in [1.82, 2.24) is 20.1 Å². The lowest BCUT2D eigenvalue weighted by molar-refractivity contribution is 0.442. The van der Waals surface area contributed by atoms with E-state index in [1.165, 1.54) is 12.4 Å². The van der Waals surface area contributed by atoms with E-state index in [2.05, 4.69) is 25.4 Å². The van der Waals surface area contributed by atoms with Crippen molar-refractivity contribution < 1.29 is 4.52 Å². The summed E-state index contributed by atoms with van der Waals surface area (Å²) in [5, 5.41) is 8.02. The van der Waals surface area contributed by atoms with Gasteiger partial charge in [-0.2, -0.15) is 4.98 Å². The first-order valence-electron chi connectivity index (χ1n) is 7.79. The molecular formula is C18H15N5O2. The van der Waals surface area contributed by atoms with Crippen molar-refractivity contribution in [3.63, 3.8) is 0 Å². The number of fused-ring (bicyclic) bond motifs is 1. The van der Waals surface area contributed by atoms with Gasteiger partial charge in [0, 0.05) is 18.8 Å². The third-order valence-corrected chi connectivity index (χ3v) is 3.97. The Balaban J connectivity index is 1.52. The Morgan fingerprint density at radius 3 is 2.64 bits per heavy atom. The number of aromatic amines is 1. The van der Waals surface area contributed by atoms with E-state index in [1.54, 1.807) is 12.3 Å². The quantitative estimate of drug-likeness (QED) is 0.596. The van der Waals surface area contributed by atoms with E-state index in [1.807, 2.05) is 31.2 Å². The number of rotatable bonds is 4. The topological polar surface area (TPSA) is 96.7 Å². The largest absolute Gasteiger partial charge is 0.365 e. The molecule has 0 aliphatic rings. The minimum absolute atomic E-state index is 0.107. The molecule has 0 aliphatic carbocycles. The van der Waals surface area contributed by atoms with Gasteiger partial charge < -0.3 is 14.8 Å². The van der Waals surface area contributed by atoms with E-state index >= 15 is 0 Å². The van der Waals surface area contributed by atoms with Crippen molar-refractivity contribution in [3.05, 3.63) is 70.5 Å². The van der Waals surface area contributed by atoms with E-state index in [4.69, 9.17) is 4.52 Å². The van der Waals surface area contributed by atoms with Crippen molar-refractivity contribution in [2.24, 2.45) is 0 Å². The van der Waals surface area contributed by atoms with Gasteiger partial charge in [-0.1, -0.05) is 29.4 Å². The number of nitrogens with one attached hydrogen (secondary N) is 2. The average Bonchev–Trinajstić information content (AvgIpc) is 3.03. The molecule has 4 rings (SSSR count). The Bertz CT molecular complexity index is 1060. The first-order valence-corrected chi connectivity index (χ1v) is 7.79. The zero-order valence-corrected chi connectivity index (χ0v) is 13.5. The van der Waals surface area contributed by atoms with Crippen LogP contribution in [-0.2, 0) is 6.54 Å². The van der Waals surface area contributed by atoms with Crippen LogP contribution in [0.4, 0.5) is 5.82 Å². The lowest BCUT2D eigenvalue weighted by atomic mass is 10.1. The number of benzene rings is 1. The maximum atomic E-state index is 11.1. The molecule has 25 heavy (non-hydrogen) atoms. The average molecular weight is 333 g/mol. The summed E-state index contributed by atoms with van der Waals surface area (Å²) in [4.78, 5) is 22.2. The molecule has 0 unspecified atom stereocenters. The second-order valence-electron chi connectivity index (χ2n) is 5.66. The van der Waals surface area contributed by atoms with Gasteiger partial charge in [0.05, 0.1) is 5.69 Å². The first-order chi connectivity index (χ1) is 12.2. The summed E-state index contributed by atoms with van der Waals surface area (Å²) in [5.74, 6) is 0.702. The number of hydrogen-bond acceptors (Lipinski definition) is 6.